The van der Waals surface area contributed by atoms with Gasteiger partial charge in [0.25, 0.3) is 5.91 Å². The number of carbonyl (C=O) groups is 2. The van der Waals surface area contributed by atoms with Crippen molar-refractivity contribution >= 4 is 55.1 Å². The Morgan fingerprint density at radius 1 is 1.33 bits per heavy atom. The summed E-state index contributed by atoms with van der Waals surface area (Å²) in [5, 5.41) is 2.68. The summed E-state index contributed by atoms with van der Waals surface area (Å²) in [4.78, 5) is 23.8. The van der Waals surface area contributed by atoms with Gasteiger partial charge in [-0.15, -0.1) is 11.3 Å². The van der Waals surface area contributed by atoms with Gasteiger partial charge in [-0.2, -0.15) is 0 Å². The molecule has 1 amide bonds. The molecule has 1 N–H and O–H groups in total. The summed E-state index contributed by atoms with van der Waals surface area (Å²) in [5.74, 6) is -0.800. The molecule has 0 bridgehead atoms. The second-order valence-corrected chi connectivity index (χ2v) is 7.17. The van der Waals surface area contributed by atoms with Crippen LogP contribution in [0.15, 0.2) is 14.3 Å². The lowest BCUT2D eigenvalue weighted by Gasteiger charge is -2.14. The summed E-state index contributed by atoms with van der Waals surface area (Å²) < 4.78 is 6.69. The number of amides is 1. The van der Waals surface area contributed by atoms with E-state index in [0.717, 1.165) is 8.26 Å². The van der Waals surface area contributed by atoms with Crippen molar-refractivity contribution in [2.24, 2.45) is 0 Å². The Hall–Kier alpha value is -0.400. The predicted molar refractivity (Wildman–Crippen MR) is 77.9 cm³/mol. The summed E-state index contributed by atoms with van der Waals surface area (Å²) in [7, 11) is 0. The van der Waals surface area contributed by atoms with Crippen molar-refractivity contribution in [3.63, 3.8) is 0 Å². The highest BCUT2D eigenvalue weighted by molar-refractivity contribution is 9.13. The van der Waals surface area contributed by atoms with Crippen molar-refractivity contribution in [1.29, 1.82) is 0 Å². The maximum absolute atomic E-state index is 11.8. The van der Waals surface area contributed by atoms with Crippen LogP contribution in [-0.2, 0) is 9.53 Å². The first-order chi connectivity index (χ1) is 8.31. The van der Waals surface area contributed by atoms with Crippen molar-refractivity contribution in [1.82, 2.24) is 5.32 Å². The zero-order valence-electron chi connectivity index (χ0n) is 10.1. The molecule has 0 saturated carbocycles. The number of halogens is 2. The van der Waals surface area contributed by atoms with Crippen molar-refractivity contribution < 1.29 is 14.3 Å². The van der Waals surface area contributed by atoms with Crippen LogP contribution >= 0.6 is 43.2 Å². The Morgan fingerprint density at radius 2 is 1.94 bits per heavy atom. The maximum atomic E-state index is 11.8. The van der Waals surface area contributed by atoms with Gasteiger partial charge >= 0.3 is 5.97 Å². The van der Waals surface area contributed by atoms with Gasteiger partial charge in [0.15, 0.2) is 6.10 Å². The molecule has 0 aliphatic carbocycles. The van der Waals surface area contributed by atoms with Gasteiger partial charge in [-0.3, -0.25) is 4.79 Å². The summed E-state index contributed by atoms with van der Waals surface area (Å²) in [6.45, 7) is 5.24. The quantitative estimate of drug-likeness (QED) is 0.791. The average molecular weight is 399 g/mol. The standard InChI is InChI=1S/C11H13Br2NO3S/c1-5(2)14-10(15)6(3)17-11(16)8-4-7(12)9(13)18-8/h4-6H,1-3H3,(H,14,15). The first-order valence-electron chi connectivity index (χ1n) is 5.27. The molecule has 1 atom stereocenters. The molecule has 0 radical (unpaired) electrons. The van der Waals surface area contributed by atoms with Crippen LogP contribution in [0.1, 0.15) is 30.4 Å². The van der Waals surface area contributed by atoms with Crippen molar-refractivity contribution in [3.05, 3.63) is 19.2 Å². The van der Waals surface area contributed by atoms with E-state index in [1.54, 1.807) is 13.0 Å². The smallest absolute Gasteiger partial charge is 0.349 e. The van der Waals surface area contributed by atoms with Crippen molar-refractivity contribution in [2.45, 2.75) is 32.9 Å². The molecule has 100 valence electrons. The number of esters is 1. The Bertz CT molecular complexity index is 440. The summed E-state index contributed by atoms with van der Waals surface area (Å²) in [5.41, 5.74) is 0. The number of ether oxygens (including phenoxy) is 1. The molecule has 0 fully saturated rings. The molecule has 7 heteroatoms. The van der Waals surface area contributed by atoms with Gasteiger partial charge in [0.1, 0.15) is 4.88 Å². The number of nitrogens with one attached hydrogen (secondary N) is 1. The van der Waals surface area contributed by atoms with Crippen LogP contribution in [0.2, 0.25) is 0 Å². The third-order valence-corrected chi connectivity index (χ3v) is 5.17. The fraction of sp³-hybridized carbons (Fsp3) is 0.455. The van der Waals surface area contributed by atoms with E-state index >= 15 is 0 Å². The van der Waals surface area contributed by atoms with Gasteiger partial charge in [-0.05, 0) is 58.7 Å². The monoisotopic (exact) mass is 397 g/mol. The molecule has 1 unspecified atom stereocenters. The molecule has 0 aliphatic rings. The lowest BCUT2D eigenvalue weighted by atomic mass is 10.3. The van der Waals surface area contributed by atoms with E-state index in [0.29, 0.717) is 4.88 Å². The van der Waals surface area contributed by atoms with E-state index in [1.165, 1.54) is 11.3 Å². The van der Waals surface area contributed by atoms with Gasteiger partial charge in [0.05, 0.1) is 3.79 Å². The van der Waals surface area contributed by atoms with E-state index in [1.807, 2.05) is 13.8 Å². The highest BCUT2D eigenvalue weighted by atomic mass is 79.9. The van der Waals surface area contributed by atoms with Gasteiger partial charge in [0.2, 0.25) is 0 Å². The fourth-order valence-electron chi connectivity index (χ4n) is 1.12. The lowest BCUT2D eigenvalue weighted by molar-refractivity contribution is -0.129. The highest BCUT2D eigenvalue weighted by Gasteiger charge is 2.21. The maximum Gasteiger partial charge on any atom is 0.349 e. The SMILES string of the molecule is CC(C)NC(=O)C(C)OC(=O)c1cc(Br)c(Br)s1. The summed E-state index contributed by atoms with van der Waals surface area (Å²) >= 11 is 7.84. The highest BCUT2D eigenvalue weighted by Crippen LogP contribution is 2.32. The van der Waals surface area contributed by atoms with Crippen LogP contribution in [0.5, 0.6) is 0 Å². The van der Waals surface area contributed by atoms with Gasteiger partial charge < -0.3 is 10.1 Å². The van der Waals surface area contributed by atoms with Crippen LogP contribution in [-0.4, -0.2) is 24.0 Å². The second kappa shape index (κ2) is 6.68. The predicted octanol–water partition coefficient (Wildman–Crippen LogP) is 3.34. The van der Waals surface area contributed by atoms with E-state index < -0.39 is 12.1 Å². The Kier molecular flexibility index (Phi) is 5.81. The van der Waals surface area contributed by atoms with Gasteiger partial charge in [0, 0.05) is 10.5 Å². The number of thiophene rings is 1. The minimum absolute atomic E-state index is 0.0173. The molecule has 1 aromatic heterocycles. The molecule has 18 heavy (non-hydrogen) atoms. The fourth-order valence-corrected chi connectivity index (χ4v) is 3.04. The van der Waals surface area contributed by atoms with Crippen LogP contribution in [0.25, 0.3) is 0 Å². The Morgan fingerprint density at radius 3 is 2.39 bits per heavy atom. The third kappa shape index (κ3) is 4.37. The first kappa shape index (κ1) is 15.7. The van der Waals surface area contributed by atoms with E-state index in [9.17, 15) is 9.59 Å². The molecule has 4 nitrogen and oxygen atoms in total. The van der Waals surface area contributed by atoms with E-state index in [4.69, 9.17) is 4.74 Å². The third-order valence-electron chi connectivity index (χ3n) is 1.93. The molecule has 0 aromatic carbocycles. The zero-order valence-corrected chi connectivity index (χ0v) is 14.1. The molecule has 1 heterocycles. The van der Waals surface area contributed by atoms with Crippen LogP contribution < -0.4 is 5.32 Å². The van der Waals surface area contributed by atoms with Gasteiger partial charge in [-0.25, -0.2) is 4.79 Å². The van der Waals surface area contributed by atoms with E-state index in [-0.39, 0.29) is 11.9 Å². The molecule has 0 saturated heterocycles. The Labute approximate surface area is 126 Å². The van der Waals surface area contributed by atoms with Crippen LogP contribution in [0.4, 0.5) is 0 Å². The molecule has 1 aromatic rings. The zero-order chi connectivity index (χ0) is 13.9. The number of carbonyl (C=O) groups excluding carboxylic acids is 2. The van der Waals surface area contributed by atoms with E-state index in [2.05, 4.69) is 37.2 Å². The number of hydrogen-bond acceptors (Lipinski definition) is 4. The molecular formula is C11H13Br2NO3S. The molecule has 0 aliphatic heterocycles. The van der Waals surface area contributed by atoms with Crippen molar-refractivity contribution in [2.75, 3.05) is 0 Å². The van der Waals surface area contributed by atoms with Crippen molar-refractivity contribution in [3.8, 4) is 0 Å². The topological polar surface area (TPSA) is 55.4 Å². The normalized spacial score (nSPS) is 12.3. The largest absolute Gasteiger partial charge is 0.448 e. The van der Waals surface area contributed by atoms with Gasteiger partial charge in [-0.1, -0.05) is 0 Å². The average Bonchev–Trinajstić information content (AvgIpc) is 2.58. The molecule has 1 rings (SSSR count). The minimum Gasteiger partial charge on any atom is -0.448 e. The Balaban J connectivity index is 2.62. The number of rotatable bonds is 4. The summed E-state index contributed by atoms with van der Waals surface area (Å²) in [6, 6.07) is 1.67. The number of hydrogen-bond donors (Lipinski definition) is 1. The molecular weight excluding hydrogens is 386 g/mol. The lowest BCUT2D eigenvalue weighted by Crippen LogP contribution is -2.39. The van der Waals surface area contributed by atoms with Crippen LogP contribution in [0, 0.1) is 0 Å². The minimum atomic E-state index is -0.806. The first-order valence-corrected chi connectivity index (χ1v) is 7.67. The molecule has 0 spiro atoms. The van der Waals surface area contributed by atoms with Crippen LogP contribution in [0.3, 0.4) is 0 Å². The second-order valence-electron chi connectivity index (χ2n) is 3.94. The summed E-state index contributed by atoms with van der Waals surface area (Å²) in [6.07, 6.45) is -0.806.